The fourth-order valence-electron chi connectivity index (χ4n) is 4.20. The second kappa shape index (κ2) is 9.55. The third kappa shape index (κ3) is 4.58. The number of hydrogen-bond donors (Lipinski definition) is 3. The number of benzene rings is 1. The van der Waals surface area contributed by atoms with E-state index in [2.05, 4.69) is 34.6 Å². The van der Waals surface area contributed by atoms with E-state index < -0.39 is 0 Å². The van der Waals surface area contributed by atoms with Gasteiger partial charge in [-0.2, -0.15) is 5.10 Å². The Morgan fingerprint density at radius 2 is 1.86 bits per heavy atom. The summed E-state index contributed by atoms with van der Waals surface area (Å²) < 4.78 is 3.47. The first-order chi connectivity index (χ1) is 17.0. The molecule has 178 valence electrons. The highest BCUT2D eigenvalue weighted by Crippen LogP contribution is 2.29. The van der Waals surface area contributed by atoms with Crippen molar-refractivity contribution in [2.45, 2.75) is 26.3 Å². The Kier molecular flexibility index (Phi) is 6.15. The van der Waals surface area contributed by atoms with Gasteiger partial charge in [0.1, 0.15) is 17.2 Å². The minimum Gasteiger partial charge on any atom is -0.394 e. The molecule has 4 aromatic heterocycles. The Balaban J connectivity index is 1.59. The van der Waals surface area contributed by atoms with Crippen molar-refractivity contribution in [3.8, 4) is 11.3 Å². The second-order valence-electron chi connectivity index (χ2n) is 8.84. The van der Waals surface area contributed by atoms with Crippen LogP contribution in [-0.2, 0) is 0 Å². The molecule has 3 N–H and O–H groups in total. The summed E-state index contributed by atoms with van der Waals surface area (Å²) in [6, 6.07) is 16.7. The van der Waals surface area contributed by atoms with Crippen LogP contribution in [-0.4, -0.2) is 47.6 Å². The summed E-state index contributed by atoms with van der Waals surface area (Å²) in [5.74, 6) is 0.685. The molecule has 5 rings (SSSR count). The van der Waals surface area contributed by atoms with Crippen LogP contribution < -0.4 is 10.6 Å². The van der Waals surface area contributed by atoms with Crippen LogP contribution in [0.3, 0.4) is 0 Å². The molecule has 1 atom stereocenters. The molecule has 0 aliphatic heterocycles. The third-order valence-corrected chi connectivity index (χ3v) is 5.74. The first-order valence-corrected chi connectivity index (χ1v) is 11.6. The van der Waals surface area contributed by atoms with E-state index in [1.807, 2.05) is 67.0 Å². The van der Waals surface area contributed by atoms with E-state index in [1.165, 1.54) is 0 Å². The number of aliphatic hydroxyl groups excluding tert-OH is 1. The van der Waals surface area contributed by atoms with Crippen LogP contribution in [0.1, 0.15) is 30.8 Å². The number of nitrogens with zero attached hydrogens (tertiary/aromatic N) is 5. The molecule has 0 unspecified atom stereocenters. The summed E-state index contributed by atoms with van der Waals surface area (Å²) in [6.45, 7) is 3.99. The summed E-state index contributed by atoms with van der Waals surface area (Å²) in [5.41, 5.74) is 3.83. The number of anilines is 2. The van der Waals surface area contributed by atoms with Crippen LogP contribution in [0.15, 0.2) is 73.2 Å². The number of nitrogens with one attached hydrogen (secondary N) is 2. The molecule has 0 spiro atoms. The van der Waals surface area contributed by atoms with Crippen LogP contribution in [0, 0.1) is 5.92 Å². The third-order valence-electron chi connectivity index (χ3n) is 5.74. The van der Waals surface area contributed by atoms with Gasteiger partial charge < -0.3 is 15.7 Å². The number of aliphatic hydroxyl groups is 1. The predicted octanol–water partition coefficient (Wildman–Crippen LogP) is 3.92. The first kappa shape index (κ1) is 22.5. The summed E-state index contributed by atoms with van der Waals surface area (Å²) in [5, 5.41) is 20.3. The topological polar surface area (TPSA) is 109 Å². The lowest BCUT2D eigenvalue weighted by atomic mass is 10.0. The molecule has 0 aliphatic carbocycles. The van der Waals surface area contributed by atoms with Crippen molar-refractivity contribution < 1.29 is 9.90 Å². The van der Waals surface area contributed by atoms with E-state index in [-0.39, 0.29) is 18.6 Å². The number of hydrogen-bond acceptors (Lipinski definition) is 6. The summed E-state index contributed by atoms with van der Waals surface area (Å²) in [6.07, 6.45) is 6.01. The fraction of sp³-hybridized carbons (Fsp3) is 0.231. The Morgan fingerprint density at radius 3 is 2.63 bits per heavy atom. The van der Waals surface area contributed by atoms with Gasteiger partial charge in [0.2, 0.25) is 0 Å². The molecule has 9 heteroatoms. The van der Waals surface area contributed by atoms with Gasteiger partial charge in [0.15, 0.2) is 11.3 Å². The second-order valence-corrected chi connectivity index (χ2v) is 8.84. The van der Waals surface area contributed by atoms with Crippen molar-refractivity contribution in [1.82, 2.24) is 29.3 Å². The molecule has 0 aliphatic rings. The predicted molar refractivity (Wildman–Crippen MR) is 135 cm³/mol. The van der Waals surface area contributed by atoms with Gasteiger partial charge in [-0.15, -0.1) is 0 Å². The number of imidazole rings is 1. The number of rotatable bonds is 8. The molecule has 1 aromatic carbocycles. The van der Waals surface area contributed by atoms with Gasteiger partial charge in [0, 0.05) is 24.0 Å². The number of pyridine rings is 1. The minimum absolute atomic E-state index is 0.128. The quantitative estimate of drug-likeness (QED) is 0.318. The van der Waals surface area contributed by atoms with E-state index in [4.69, 9.17) is 4.98 Å². The average Bonchev–Trinajstić information content (AvgIpc) is 3.49. The molecular weight excluding hydrogens is 442 g/mol. The lowest BCUT2D eigenvalue weighted by Gasteiger charge is -2.18. The Morgan fingerprint density at radius 1 is 1.03 bits per heavy atom. The van der Waals surface area contributed by atoms with Crippen LogP contribution >= 0.6 is 0 Å². The van der Waals surface area contributed by atoms with Crippen LogP contribution in [0.4, 0.5) is 11.5 Å². The van der Waals surface area contributed by atoms with E-state index >= 15 is 0 Å². The summed E-state index contributed by atoms with van der Waals surface area (Å²) in [7, 11) is 0. The lowest BCUT2D eigenvalue weighted by Crippen LogP contribution is -2.39. The maximum atomic E-state index is 13.5. The van der Waals surface area contributed by atoms with E-state index in [9.17, 15) is 9.90 Å². The molecule has 4 heterocycles. The van der Waals surface area contributed by atoms with Gasteiger partial charge in [-0.25, -0.2) is 14.5 Å². The highest BCUT2D eigenvalue weighted by molar-refractivity contribution is 6.00. The minimum atomic E-state index is -0.343. The highest BCUT2D eigenvalue weighted by Gasteiger charge is 2.24. The largest absolute Gasteiger partial charge is 0.394 e. The molecule has 5 aromatic rings. The Labute approximate surface area is 202 Å². The number of fused-ring (bicyclic) bond motifs is 2. The van der Waals surface area contributed by atoms with Gasteiger partial charge >= 0.3 is 0 Å². The van der Waals surface area contributed by atoms with Gasteiger partial charge in [-0.3, -0.25) is 9.20 Å². The number of amides is 1. The summed E-state index contributed by atoms with van der Waals surface area (Å²) >= 11 is 0. The van der Waals surface area contributed by atoms with E-state index in [0.29, 0.717) is 40.9 Å². The Hall–Kier alpha value is -4.24. The highest BCUT2D eigenvalue weighted by atomic mass is 16.3. The van der Waals surface area contributed by atoms with Gasteiger partial charge in [-0.05, 0) is 30.5 Å². The molecule has 0 bridgehead atoms. The van der Waals surface area contributed by atoms with Gasteiger partial charge in [0.05, 0.1) is 24.5 Å². The number of aromatic nitrogens is 5. The van der Waals surface area contributed by atoms with Gasteiger partial charge in [0.25, 0.3) is 5.91 Å². The fourth-order valence-corrected chi connectivity index (χ4v) is 4.20. The SMILES string of the molecule is CC(C)C[C@@H](CO)NC(=O)c1c(-c2ccccc2)nc2c(Nc3ccn4nccc4n3)cccn12. The number of carbonyl (C=O) groups excluding carboxylic acids is 1. The zero-order valence-electron chi connectivity index (χ0n) is 19.6. The first-order valence-electron chi connectivity index (χ1n) is 11.6. The van der Waals surface area contributed by atoms with Crippen LogP contribution in [0.5, 0.6) is 0 Å². The maximum Gasteiger partial charge on any atom is 0.270 e. The molecule has 9 nitrogen and oxygen atoms in total. The van der Waals surface area contributed by atoms with Crippen molar-refractivity contribution in [2.75, 3.05) is 11.9 Å². The molecule has 35 heavy (non-hydrogen) atoms. The molecular formula is C26H27N7O2. The van der Waals surface area contributed by atoms with Crippen molar-refractivity contribution in [3.05, 3.63) is 78.9 Å². The van der Waals surface area contributed by atoms with Crippen molar-refractivity contribution in [3.63, 3.8) is 0 Å². The molecule has 0 fully saturated rings. The average molecular weight is 470 g/mol. The smallest absolute Gasteiger partial charge is 0.270 e. The normalized spacial score (nSPS) is 12.3. The van der Waals surface area contributed by atoms with E-state index in [0.717, 1.165) is 11.2 Å². The zero-order chi connectivity index (χ0) is 24.4. The number of carbonyl (C=O) groups is 1. The van der Waals surface area contributed by atoms with Crippen LogP contribution in [0.2, 0.25) is 0 Å². The molecule has 0 radical (unpaired) electrons. The summed E-state index contributed by atoms with van der Waals surface area (Å²) in [4.78, 5) is 23.0. The van der Waals surface area contributed by atoms with Crippen LogP contribution in [0.25, 0.3) is 22.6 Å². The lowest BCUT2D eigenvalue weighted by molar-refractivity contribution is 0.0903. The maximum absolute atomic E-state index is 13.5. The molecule has 0 saturated heterocycles. The standard InChI is InChI=1S/C26H27N7O2/c1-17(2)15-19(16-34)28-26(35)24-23(18-7-4-3-5-8-18)31-25-20(9-6-13-32(24)25)29-21-11-14-33-22(30-21)10-12-27-33/h3-14,17,19,34H,15-16H2,1-2H3,(H,28,35)(H,29,30)/t19-/m0/s1. The van der Waals surface area contributed by atoms with E-state index in [1.54, 1.807) is 15.1 Å². The molecule has 0 saturated carbocycles. The Bertz CT molecular complexity index is 1470. The zero-order valence-corrected chi connectivity index (χ0v) is 19.6. The van der Waals surface area contributed by atoms with Crippen molar-refractivity contribution in [1.29, 1.82) is 0 Å². The molecule has 1 amide bonds. The monoisotopic (exact) mass is 469 g/mol. The van der Waals surface area contributed by atoms with Gasteiger partial charge in [-0.1, -0.05) is 44.2 Å². The van der Waals surface area contributed by atoms with Crippen molar-refractivity contribution in [2.24, 2.45) is 5.92 Å². The van der Waals surface area contributed by atoms with Crippen molar-refractivity contribution >= 4 is 28.7 Å².